The number of nitrogens with zero attached hydrogens (tertiary/aromatic N) is 1. The first-order valence-electron chi connectivity index (χ1n) is 7.91. The van der Waals surface area contributed by atoms with Gasteiger partial charge < -0.3 is 25.5 Å². The number of fused-ring (bicyclic) bond motifs is 2. The maximum atomic E-state index is 12.6. The largest absolute Gasteiger partial charge is 0.504 e. The minimum absolute atomic E-state index is 0.142. The van der Waals surface area contributed by atoms with Crippen LogP contribution in [0.2, 0.25) is 0 Å². The lowest BCUT2D eigenvalue weighted by atomic mass is 9.65. The van der Waals surface area contributed by atoms with Crippen molar-refractivity contribution in [2.24, 2.45) is 10.8 Å². The highest BCUT2D eigenvalue weighted by Crippen LogP contribution is 2.52. The Balaban J connectivity index is 1.77. The molecule has 2 atom stereocenters. The number of amides is 2. The summed E-state index contributed by atoms with van der Waals surface area (Å²) >= 11 is 0. The Morgan fingerprint density at radius 1 is 1.17 bits per heavy atom. The van der Waals surface area contributed by atoms with E-state index in [0.29, 0.717) is 6.54 Å². The van der Waals surface area contributed by atoms with Crippen molar-refractivity contribution in [1.29, 1.82) is 0 Å². The third-order valence-electron chi connectivity index (χ3n) is 5.00. The predicted octanol–water partition coefficient (Wildman–Crippen LogP) is 3.24. The highest BCUT2D eigenvalue weighted by molar-refractivity contribution is 5.90. The molecule has 126 valence electrons. The Kier molecular flexibility index (Phi) is 3.39. The molecule has 1 saturated carbocycles. The number of likely N-dealkylation sites (tertiary alicyclic amines) is 1. The smallest absolute Gasteiger partial charge is 0.322 e. The van der Waals surface area contributed by atoms with Crippen LogP contribution in [0.4, 0.5) is 10.5 Å². The topological polar surface area (TPSA) is 93.0 Å². The summed E-state index contributed by atoms with van der Waals surface area (Å²) in [5.41, 5.74) is 0.624. The summed E-state index contributed by atoms with van der Waals surface area (Å²) in [6.07, 6.45) is 3.08. The van der Waals surface area contributed by atoms with Crippen molar-refractivity contribution in [3.63, 3.8) is 0 Å². The first-order chi connectivity index (χ1) is 10.6. The van der Waals surface area contributed by atoms with Gasteiger partial charge in [-0.15, -0.1) is 0 Å². The van der Waals surface area contributed by atoms with Gasteiger partial charge in [-0.3, -0.25) is 0 Å². The lowest BCUT2D eigenvalue weighted by molar-refractivity contribution is 0.130. The molecule has 1 aromatic carbocycles. The molecular weight excluding hydrogens is 296 g/mol. The number of urea groups is 1. The van der Waals surface area contributed by atoms with Crippen LogP contribution in [0.25, 0.3) is 0 Å². The molecule has 2 amide bonds. The minimum Gasteiger partial charge on any atom is -0.504 e. The number of phenols is 3. The highest BCUT2D eigenvalue weighted by atomic mass is 16.3. The van der Waals surface area contributed by atoms with Crippen LogP contribution in [0.5, 0.6) is 17.2 Å². The standard InChI is InChI=1S/C17H24N2O4/c1-16(2)6-11-7-17(3,8-16)9-19(11)15(23)18-10-4-12(20)14(22)13(21)5-10/h4-5,11,20-22H,6-9H2,1-3H3,(H,18,23). The fourth-order valence-electron chi connectivity index (χ4n) is 4.57. The van der Waals surface area contributed by atoms with E-state index in [9.17, 15) is 20.1 Å². The van der Waals surface area contributed by atoms with Gasteiger partial charge >= 0.3 is 6.03 Å². The number of carbonyl (C=O) groups is 1. The highest BCUT2D eigenvalue weighted by Gasteiger charge is 2.51. The van der Waals surface area contributed by atoms with Crippen molar-refractivity contribution in [3.8, 4) is 17.2 Å². The zero-order valence-corrected chi connectivity index (χ0v) is 13.8. The quantitative estimate of drug-likeness (QED) is 0.472. The molecule has 0 radical (unpaired) electrons. The van der Waals surface area contributed by atoms with Gasteiger partial charge in [0.15, 0.2) is 17.2 Å². The number of carbonyl (C=O) groups excluding carboxylic acids is 1. The molecule has 2 fully saturated rings. The summed E-state index contributed by atoms with van der Waals surface area (Å²) in [6, 6.07) is 2.42. The molecule has 23 heavy (non-hydrogen) atoms. The normalized spacial score (nSPS) is 28.7. The molecule has 1 aromatic rings. The van der Waals surface area contributed by atoms with Gasteiger partial charge in [0.2, 0.25) is 0 Å². The van der Waals surface area contributed by atoms with Gasteiger partial charge in [0.1, 0.15) is 0 Å². The van der Waals surface area contributed by atoms with E-state index in [4.69, 9.17) is 0 Å². The van der Waals surface area contributed by atoms with Crippen LogP contribution in [0.15, 0.2) is 12.1 Å². The first-order valence-corrected chi connectivity index (χ1v) is 7.91. The van der Waals surface area contributed by atoms with E-state index in [2.05, 4.69) is 26.1 Å². The SMILES string of the molecule is CC1(C)CC2CC(C)(CN2C(=O)Nc2cc(O)c(O)c(O)c2)C1. The second kappa shape index (κ2) is 4.94. The maximum absolute atomic E-state index is 12.6. The molecule has 0 aromatic heterocycles. The van der Waals surface area contributed by atoms with Crippen molar-refractivity contribution < 1.29 is 20.1 Å². The van der Waals surface area contributed by atoms with Crippen LogP contribution in [0.3, 0.4) is 0 Å². The van der Waals surface area contributed by atoms with E-state index in [0.717, 1.165) is 19.3 Å². The Hall–Kier alpha value is -2.11. The van der Waals surface area contributed by atoms with Crippen LogP contribution >= 0.6 is 0 Å². The molecule has 1 aliphatic carbocycles. The Morgan fingerprint density at radius 2 is 1.78 bits per heavy atom. The predicted molar refractivity (Wildman–Crippen MR) is 86.7 cm³/mol. The van der Waals surface area contributed by atoms with Gasteiger partial charge in [-0.25, -0.2) is 4.79 Å². The second-order valence-corrected chi connectivity index (χ2v) is 8.13. The molecule has 6 nitrogen and oxygen atoms in total. The van der Waals surface area contributed by atoms with Gasteiger partial charge in [-0.1, -0.05) is 20.8 Å². The van der Waals surface area contributed by atoms with Crippen molar-refractivity contribution in [1.82, 2.24) is 4.90 Å². The average molecular weight is 320 g/mol. The van der Waals surface area contributed by atoms with E-state index in [1.165, 1.54) is 12.1 Å². The molecule has 1 saturated heterocycles. The van der Waals surface area contributed by atoms with Crippen LogP contribution < -0.4 is 5.32 Å². The zero-order valence-electron chi connectivity index (χ0n) is 13.8. The first kappa shape index (κ1) is 15.8. The van der Waals surface area contributed by atoms with E-state index >= 15 is 0 Å². The zero-order chi connectivity index (χ0) is 17.0. The maximum Gasteiger partial charge on any atom is 0.322 e. The lowest BCUT2D eigenvalue weighted by Crippen LogP contribution is -2.40. The fourth-order valence-corrected chi connectivity index (χ4v) is 4.57. The Bertz CT molecular complexity index is 635. The van der Waals surface area contributed by atoms with Gasteiger partial charge in [0.25, 0.3) is 0 Å². The second-order valence-electron chi connectivity index (χ2n) is 8.13. The molecule has 2 unspecified atom stereocenters. The van der Waals surface area contributed by atoms with E-state index in [1.54, 1.807) is 0 Å². The number of anilines is 1. The number of nitrogens with one attached hydrogen (secondary N) is 1. The summed E-state index contributed by atoms with van der Waals surface area (Å²) < 4.78 is 0. The Labute approximate surface area is 135 Å². The van der Waals surface area contributed by atoms with Gasteiger partial charge in [-0.2, -0.15) is 0 Å². The van der Waals surface area contributed by atoms with Crippen molar-refractivity contribution in [3.05, 3.63) is 12.1 Å². The number of hydrogen-bond donors (Lipinski definition) is 4. The summed E-state index contributed by atoms with van der Waals surface area (Å²) in [6.45, 7) is 7.43. The fraction of sp³-hybridized carbons (Fsp3) is 0.588. The van der Waals surface area contributed by atoms with Crippen LogP contribution in [0.1, 0.15) is 40.0 Å². The van der Waals surface area contributed by atoms with Crippen molar-refractivity contribution in [2.75, 3.05) is 11.9 Å². The van der Waals surface area contributed by atoms with Gasteiger partial charge in [0.05, 0.1) is 5.69 Å². The lowest BCUT2D eigenvalue weighted by Gasteiger charge is -2.39. The molecule has 6 heteroatoms. The summed E-state index contributed by atoms with van der Waals surface area (Å²) in [4.78, 5) is 14.5. The van der Waals surface area contributed by atoms with E-state index < -0.39 is 17.2 Å². The number of aromatic hydroxyl groups is 3. The molecule has 4 N–H and O–H groups in total. The van der Waals surface area contributed by atoms with Crippen molar-refractivity contribution in [2.45, 2.75) is 46.1 Å². The Morgan fingerprint density at radius 3 is 2.39 bits per heavy atom. The molecule has 1 heterocycles. The van der Waals surface area contributed by atoms with Crippen LogP contribution in [0, 0.1) is 10.8 Å². The molecule has 2 bridgehead atoms. The van der Waals surface area contributed by atoms with Crippen LogP contribution in [-0.4, -0.2) is 38.8 Å². The molecule has 1 aliphatic heterocycles. The van der Waals surface area contributed by atoms with Gasteiger partial charge in [-0.05, 0) is 30.1 Å². The summed E-state index contributed by atoms with van der Waals surface area (Å²) in [7, 11) is 0. The third-order valence-corrected chi connectivity index (χ3v) is 5.00. The molecular formula is C17H24N2O4. The van der Waals surface area contributed by atoms with Gasteiger partial charge in [0, 0.05) is 24.7 Å². The number of rotatable bonds is 1. The van der Waals surface area contributed by atoms with E-state index in [1.807, 2.05) is 4.90 Å². The molecule has 3 rings (SSSR count). The number of phenolic OH excluding ortho intramolecular Hbond substituents is 3. The van der Waals surface area contributed by atoms with E-state index in [-0.39, 0.29) is 28.6 Å². The van der Waals surface area contributed by atoms with Crippen molar-refractivity contribution >= 4 is 11.7 Å². The minimum atomic E-state index is -0.589. The average Bonchev–Trinajstić information content (AvgIpc) is 2.65. The summed E-state index contributed by atoms with van der Waals surface area (Å²) in [5.74, 6) is -1.52. The monoisotopic (exact) mass is 320 g/mol. The third kappa shape index (κ3) is 2.90. The molecule has 0 spiro atoms. The summed E-state index contributed by atoms with van der Waals surface area (Å²) in [5, 5.41) is 31.2. The number of hydrogen-bond acceptors (Lipinski definition) is 4. The number of benzene rings is 1. The van der Waals surface area contributed by atoms with Crippen LogP contribution in [-0.2, 0) is 0 Å². The molecule has 2 aliphatic rings.